The zero-order chi connectivity index (χ0) is 18.3. The van der Waals surface area contributed by atoms with Crippen LogP contribution in [-0.2, 0) is 16.0 Å². The van der Waals surface area contributed by atoms with Crippen LogP contribution >= 0.6 is 0 Å². The van der Waals surface area contributed by atoms with Crippen LogP contribution in [0, 0.1) is 0 Å². The number of carbonyl (C=O) groups is 2. The summed E-state index contributed by atoms with van der Waals surface area (Å²) < 4.78 is 0. The van der Waals surface area contributed by atoms with Crippen LogP contribution in [0.3, 0.4) is 0 Å². The number of anilines is 2. The van der Waals surface area contributed by atoms with E-state index in [1.54, 1.807) is 9.80 Å². The molecule has 0 unspecified atom stereocenters. The molecule has 0 saturated heterocycles. The summed E-state index contributed by atoms with van der Waals surface area (Å²) >= 11 is 0. The monoisotopic (exact) mass is 347 g/mol. The Morgan fingerprint density at radius 3 is 2.54 bits per heavy atom. The number of H-pyrrole nitrogens is 1. The molecule has 1 aromatic heterocycles. The first kappa shape index (κ1) is 16.4. The van der Waals surface area contributed by atoms with Crippen LogP contribution in [0.4, 0.5) is 11.4 Å². The van der Waals surface area contributed by atoms with Gasteiger partial charge in [0.25, 0.3) is 0 Å². The van der Waals surface area contributed by atoms with E-state index in [9.17, 15) is 9.59 Å². The van der Waals surface area contributed by atoms with Gasteiger partial charge < -0.3 is 14.8 Å². The molecular weight excluding hydrogens is 326 g/mol. The van der Waals surface area contributed by atoms with E-state index in [0.29, 0.717) is 0 Å². The lowest BCUT2D eigenvalue weighted by Crippen LogP contribution is -2.50. The summed E-state index contributed by atoms with van der Waals surface area (Å²) in [4.78, 5) is 32.3. The van der Waals surface area contributed by atoms with Gasteiger partial charge in [0.1, 0.15) is 6.54 Å². The third kappa shape index (κ3) is 2.65. The Bertz CT molecular complexity index is 990. The topological polar surface area (TPSA) is 56.4 Å². The fourth-order valence-corrected chi connectivity index (χ4v) is 3.65. The third-order valence-electron chi connectivity index (χ3n) is 4.83. The Kier molecular flexibility index (Phi) is 3.99. The highest BCUT2D eigenvalue weighted by molar-refractivity contribution is 6.12. The Hall–Kier alpha value is -3.08. The minimum atomic E-state index is -0.0704. The number of fused-ring (bicyclic) bond motifs is 2. The number of hydrogen-bond acceptors (Lipinski definition) is 2. The lowest BCUT2D eigenvalue weighted by Gasteiger charge is -2.38. The number of hydrogen-bond donors (Lipinski definition) is 1. The molecule has 0 atom stereocenters. The van der Waals surface area contributed by atoms with Crippen LogP contribution in [0.5, 0.6) is 0 Å². The third-order valence-corrected chi connectivity index (χ3v) is 4.83. The Morgan fingerprint density at radius 1 is 1.08 bits per heavy atom. The second kappa shape index (κ2) is 6.33. The highest BCUT2D eigenvalue weighted by Crippen LogP contribution is 2.35. The van der Waals surface area contributed by atoms with Gasteiger partial charge in [0, 0.05) is 23.1 Å². The lowest BCUT2D eigenvalue weighted by atomic mass is 10.1. The number of rotatable bonds is 3. The number of amides is 2. The number of nitrogens with zero attached hydrogens (tertiary/aromatic N) is 2. The van der Waals surface area contributed by atoms with E-state index >= 15 is 0 Å². The Morgan fingerprint density at radius 2 is 1.77 bits per heavy atom. The molecule has 0 aliphatic carbocycles. The Labute approximate surface area is 152 Å². The van der Waals surface area contributed by atoms with E-state index in [1.165, 1.54) is 0 Å². The van der Waals surface area contributed by atoms with Gasteiger partial charge in [-0.15, -0.1) is 0 Å². The molecule has 132 valence electrons. The van der Waals surface area contributed by atoms with E-state index in [1.807, 2.05) is 68.6 Å². The molecule has 2 heterocycles. The molecule has 1 aliphatic rings. The van der Waals surface area contributed by atoms with Crippen molar-refractivity contribution in [3.05, 3.63) is 60.3 Å². The normalized spacial score (nSPS) is 14.2. The molecule has 5 nitrogen and oxygen atoms in total. The van der Waals surface area contributed by atoms with Crippen molar-refractivity contribution in [2.45, 2.75) is 26.3 Å². The minimum absolute atomic E-state index is 0.0500. The summed E-state index contributed by atoms with van der Waals surface area (Å²) in [5, 5.41) is 1.04. The number of carbonyl (C=O) groups excluding carboxylic acids is 2. The molecule has 5 heteroatoms. The predicted octanol–water partition coefficient (Wildman–Crippen LogP) is 3.50. The average Bonchev–Trinajstić information content (AvgIpc) is 3.03. The maximum atomic E-state index is 13.0. The molecule has 2 aromatic carbocycles. The van der Waals surface area contributed by atoms with E-state index in [4.69, 9.17) is 0 Å². The molecule has 4 rings (SSSR count). The standard InChI is InChI=1S/C21H21N3O2/c1-14(2)24-19-10-6-5-9-18(19)23(13-21(24)26)20(25)11-15-12-22-17-8-4-3-7-16(15)17/h3-10,12,14,22H,11,13H2,1-2H3. The summed E-state index contributed by atoms with van der Waals surface area (Å²) in [6.45, 7) is 4.05. The van der Waals surface area contributed by atoms with E-state index in [0.717, 1.165) is 27.8 Å². The molecular formula is C21H21N3O2. The van der Waals surface area contributed by atoms with Crippen LogP contribution < -0.4 is 9.80 Å². The first-order valence-electron chi connectivity index (χ1n) is 8.82. The summed E-state index contributed by atoms with van der Waals surface area (Å²) in [6.07, 6.45) is 2.13. The zero-order valence-corrected chi connectivity index (χ0v) is 14.9. The van der Waals surface area contributed by atoms with Gasteiger partial charge in [-0.3, -0.25) is 9.59 Å². The highest BCUT2D eigenvalue weighted by Gasteiger charge is 2.33. The molecule has 0 radical (unpaired) electrons. The quantitative estimate of drug-likeness (QED) is 0.788. The van der Waals surface area contributed by atoms with Crippen molar-refractivity contribution in [1.82, 2.24) is 4.98 Å². The fourth-order valence-electron chi connectivity index (χ4n) is 3.65. The second-order valence-electron chi connectivity index (χ2n) is 6.86. The van der Waals surface area contributed by atoms with Gasteiger partial charge in [-0.1, -0.05) is 30.3 Å². The van der Waals surface area contributed by atoms with E-state index in [-0.39, 0.29) is 30.8 Å². The molecule has 26 heavy (non-hydrogen) atoms. The SMILES string of the molecule is CC(C)N1C(=O)CN(C(=O)Cc2c[nH]c3ccccc23)c2ccccc21. The highest BCUT2D eigenvalue weighted by atomic mass is 16.2. The summed E-state index contributed by atoms with van der Waals surface area (Å²) in [5.41, 5.74) is 3.55. The van der Waals surface area contributed by atoms with Gasteiger partial charge >= 0.3 is 0 Å². The van der Waals surface area contributed by atoms with E-state index < -0.39 is 0 Å². The molecule has 0 saturated carbocycles. The van der Waals surface area contributed by atoms with Crippen LogP contribution in [0.25, 0.3) is 10.9 Å². The van der Waals surface area contributed by atoms with Gasteiger partial charge in [-0.2, -0.15) is 0 Å². The molecule has 2 amide bonds. The van der Waals surface area contributed by atoms with Gasteiger partial charge in [-0.05, 0) is 37.6 Å². The second-order valence-corrected chi connectivity index (χ2v) is 6.86. The first-order chi connectivity index (χ1) is 12.6. The Balaban J connectivity index is 1.68. The van der Waals surface area contributed by atoms with Crippen molar-refractivity contribution >= 4 is 34.1 Å². The van der Waals surface area contributed by atoms with E-state index in [2.05, 4.69) is 4.98 Å². The summed E-state index contributed by atoms with van der Waals surface area (Å²) in [5.74, 6) is -0.120. The van der Waals surface area contributed by atoms with Gasteiger partial charge in [0.05, 0.1) is 17.8 Å². The molecule has 3 aromatic rings. The fraction of sp³-hybridized carbons (Fsp3) is 0.238. The summed E-state index contributed by atoms with van der Waals surface area (Å²) in [6, 6.07) is 15.6. The van der Waals surface area contributed by atoms with Crippen LogP contribution in [0.2, 0.25) is 0 Å². The van der Waals surface area contributed by atoms with Crippen molar-refractivity contribution < 1.29 is 9.59 Å². The number of benzene rings is 2. The predicted molar refractivity (Wildman–Crippen MR) is 103 cm³/mol. The molecule has 1 N–H and O–H groups in total. The largest absolute Gasteiger partial charge is 0.361 e. The smallest absolute Gasteiger partial charge is 0.247 e. The maximum Gasteiger partial charge on any atom is 0.247 e. The number of nitrogens with one attached hydrogen (secondary N) is 1. The molecule has 0 spiro atoms. The van der Waals surface area contributed by atoms with Gasteiger partial charge in [0.2, 0.25) is 11.8 Å². The number of aromatic amines is 1. The molecule has 1 aliphatic heterocycles. The summed E-state index contributed by atoms with van der Waals surface area (Å²) in [7, 11) is 0. The number of aromatic nitrogens is 1. The van der Waals surface area contributed by atoms with Crippen molar-refractivity contribution in [2.75, 3.05) is 16.3 Å². The van der Waals surface area contributed by atoms with Crippen molar-refractivity contribution in [2.24, 2.45) is 0 Å². The van der Waals surface area contributed by atoms with Crippen LogP contribution in [0.15, 0.2) is 54.7 Å². The van der Waals surface area contributed by atoms with Gasteiger partial charge in [0.15, 0.2) is 0 Å². The average molecular weight is 347 g/mol. The van der Waals surface area contributed by atoms with Gasteiger partial charge in [-0.25, -0.2) is 0 Å². The van der Waals surface area contributed by atoms with Crippen LogP contribution in [-0.4, -0.2) is 29.4 Å². The van der Waals surface area contributed by atoms with Crippen molar-refractivity contribution in [3.63, 3.8) is 0 Å². The zero-order valence-electron chi connectivity index (χ0n) is 14.9. The lowest BCUT2D eigenvalue weighted by molar-refractivity contribution is -0.122. The number of para-hydroxylation sites is 3. The maximum absolute atomic E-state index is 13.0. The first-order valence-corrected chi connectivity index (χ1v) is 8.82. The minimum Gasteiger partial charge on any atom is -0.361 e. The van der Waals surface area contributed by atoms with Crippen LogP contribution in [0.1, 0.15) is 19.4 Å². The molecule has 0 bridgehead atoms. The van der Waals surface area contributed by atoms with Crippen molar-refractivity contribution in [3.8, 4) is 0 Å². The van der Waals surface area contributed by atoms with Crippen molar-refractivity contribution in [1.29, 1.82) is 0 Å². The molecule has 0 fully saturated rings.